The van der Waals surface area contributed by atoms with Gasteiger partial charge in [-0.3, -0.25) is 14.9 Å². The summed E-state index contributed by atoms with van der Waals surface area (Å²) in [6.45, 7) is 0.766. The van der Waals surface area contributed by atoms with Gasteiger partial charge in [-0.25, -0.2) is 0 Å². The third-order valence-corrected chi connectivity index (χ3v) is 5.75. The zero-order valence-corrected chi connectivity index (χ0v) is 15.7. The molecule has 1 aliphatic heterocycles. The number of hydrogen-bond acceptors (Lipinski definition) is 3. The third kappa shape index (κ3) is 3.00. The van der Waals surface area contributed by atoms with Crippen molar-refractivity contribution >= 4 is 50.7 Å². The molecule has 136 valence electrons. The van der Waals surface area contributed by atoms with Crippen LogP contribution in [0.25, 0.3) is 27.8 Å². The quantitative estimate of drug-likeness (QED) is 0.496. The van der Waals surface area contributed by atoms with E-state index in [4.69, 9.17) is 0 Å². The number of hydrogen-bond donors (Lipinski definition) is 1. The molecule has 0 aliphatic carbocycles. The van der Waals surface area contributed by atoms with Crippen molar-refractivity contribution in [3.8, 4) is 0 Å². The summed E-state index contributed by atoms with van der Waals surface area (Å²) >= 11 is 0.942. The molecule has 1 N–H and O–H groups in total. The number of aromatic nitrogens is 1. The number of thioether (sulfide) groups is 1. The van der Waals surface area contributed by atoms with Gasteiger partial charge in [0.1, 0.15) is 0 Å². The van der Waals surface area contributed by atoms with Crippen molar-refractivity contribution in [2.45, 2.75) is 6.54 Å². The fraction of sp³-hybridized carbons (Fsp3) is 0.0435. The van der Waals surface area contributed by atoms with E-state index >= 15 is 0 Å². The van der Waals surface area contributed by atoms with E-state index in [1.165, 1.54) is 16.3 Å². The van der Waals surface area contributed by atoms with Gasteiger partial charge in [0.15, 0.2) is 0 Å². The van der Waals surface area contributed by atoms with E-state index in [0.29, 0.717) is 4.91 Å². The molecule has 2 heterocycles. The number of carbonyl (C=O) groups is 2. The van der Waals surface area contributed by atoms with Crippen LogP contribution in [-0.4, -0.2) is 15.7 Å². The van der Waals surface area contributed by atoms with Gasteiger partial charge in [0.2, 0.25) is 0 Å². The Kier molecular flexibility index (Phi) is 4.02. The van der Waals surface area contributed by atoms with Crippen molar-refractivity contribution in [2.24, 2.45) is 0 Å². The molecule has 1 saturated heterocycles. The number of nitrogens with one attached hydrogen (secondary N) is 1. The van der Waals surface area contributed by atoms with Crippen LogP contribution in [0.15, 0.2) is 77.8 Å². The number of imide groups is 1. The van der Waals surface area contributed by atoms with Gasteiger partial charge >= 0.3 is 0 Å². The monoisotopic (exact) mass is 384 g/mol. The lowest BCUT2D eigenvalue weighted by atomic mass is 10.1. The van der Waals surface area contributed by atoms with E-state index in [1.54, 1.807) is 6.08 Å². The molecule has 0 spiro atoms. The van der Waals surface area contributed by atoms with Crippen LogP contribution in [0, 0.1) is 0 Å². The van der Waals surface area contributed by atoms with Gasteiger partial charge in [-0.15, -0.1) is 0 Å². The summed E-state index contributed by atoms with van der Waals surface area (Å²) in [6.07, 6.45) is 3.85. The zero-order valence-electron chi connectivity index (χ0n) is 14.9. The summed E-state index contributed by atoms with van der Waals surface area (Å²) in [5, 5.41) is 5.50. The van der Waals surface area contributed by atoms with Crippen LogP contribution in [0.5, 0.6) is 0 Å². The second kappa shape index (κ2) is 6.69. The van der Waals surface area contributed by atoms with Crippen LogP contribution in [0.4, 0.5) is 4.79 Å². The first-order valence-corrected chi connectivity index (χ1v) is 9.79. The van der Waals surface area contributed by atoms with Crippen molar-refractivity contribution in [3.05, 3.63) is 89.0 Å². The second-order valence-electron chi connectivity index (χ2n) is 6.76. The lowest BCUT2D eigenvalue weighted by Gasteiger charge is -2.08. The first-order valence-electron chi connectivity index (χ1n) is 8.98. The summed E-state index contributed by atoms with van der Waals surface area (Å²) in [7, 11) is 0. The van der Waals surface area contributed by atoms with Crippen molar-refractivity contribution < 1.29 is 9.59 Å². The molecule has 0 saturated carbocycles. The van der Waals surface area contributed by atoms with Gasteiger partial charge in [0, 0.05) is 23.6 Å². The molecule has 1 fully saturated rings. The Labute approximate surface area is 165 Å². The van der Waals surface area contributed by atoms with Gasteiger partial charge in [-0.05, 0) is 57.9 Å². The van der Waals surface area contributed by atoms with Crippen LogP contribution in [-0.2, 0) is 11.3 Å². The summed E-state index contributed by atoms with van der Waals surface area (Å²) < 4.78 is 2.20. The molecule has 1 aliphatic rings. The fourth-order valence-electron chi connectivity index (χ4n) is 3.61. The molecule has 4 nitrogen and oxygen atoms in total. The van der Waals surface area contributed by atoms with Gasteiger partial charge < -0.3 is 4.57 Å². The maximum atomic E-state index is 11.9. The average Bonchev–Trinajstić information content (AvgIpc) is 3.25. The van der Waals surface area contributed by atoms with Gasteiger partial charge in [0.25, 0.3) is 11.1 Å². The van der Waals surface area contributed by atoms with Crippen LogP contribution in [0.3, 0.4) is 0 Å². The number of fused-ring (bicyclic) bond motifs is 2. The van der Waals surface area contributed by atoms with Crippen LogP contribution >= 0.6 is 11.8 Å². The van der Waals surface area contributed by atoms with Crippen molar-refractivity contribution in [3.63, 3.8) is 0 Å². The largest absolute Gasteiger partial charge is 0.343 e. The molecule has 3 aromatic carbocycles. The highest BCUT2D eigenvalue weighted by atomic mass is 32.2. The molecule has 4 aromatic rings. The summed E-state index contributed by atoms with van der Waals surface area (Å²) in [6, 6.07) is 23.0. The fourth-order valence-corrected chi connectivity index (χ4v) is 4.28. The predicted octanol–water partition coefficient (Wildman–Crippen LogP) is 5.17. The van der Waals surface area contributed by atoms with Gasteiger partial charge in [-0.1, -0.05) is 48.5 Å². The van der Waals surface area contributed by atoms with Crippen LogP contribution in [0.2, 0.25) is 0 Å². The molecular weight excluding hydrogens is 368 g/mol. The Morgan fingerprint density at radius 2 is 1.79 bits per heavy atom. The second-order valence-corrected chi connectivity index (χ2v) is 7.77. The van der Waals surface area contributed by atoms with E-state index in [1.807, 2.05) is 18.2 Å². The Balaban J connectivity index is 1.52. The van der Waals surface area contributed by atoms with Crippen molar-refractivity contribution in [1.82, 2.24) is 9.88 Å². The molecule has 0 atom stereocenters. The minimum absolute atomic E-state index is 0.322. The Morgan fingerprint density at radius 1 is 0.929 bits per heavy atom. The van der Waals surface area contributed by atoms with Crippen molar-refractivity contribution in [1.29, 1.82) is 0 Å². The smallest absolute Gasteiger partial charge is 0.290 e. The maximum Gasteiger partial charge on any atom is 0.290 e. The Hall–Kier alpha value is -3.31. The summed E-state index contributed by atoms with van der Waals surface area (Å²) in [4.78, 5) is 23.7. The lowest BCUT2D eigenvalue weighted by Crippen LogP contribution is -2.17. The molecule has 1 aromatic heterocycles. The van der Waals surface area contributed by atoms with E-state index < -0.39 is 0 Å². The number of carbonyl (C=O) groups excluding carboxylic acids is 2. The normalized spacial score (nSPS) is 15.6. The lowest BCUT2D eigenvalue weighted by molar-refractivity contribution is -0.115. The first-order chi connectivity index (χ1) is 13.7. The molecule has 2 amide bonds. The molecular formula is C23H16N2O2S. The van der Waals surface area contributed by atoms with E-state index in [0.717, 1.165) is 34.8 Å². The zero-order chi connectivity index (χ0) is 19.1. The summed E-state index contributed by atoms with van der Waals surface area (Å²) in [5.74, 6) is -0.331. The standard InChI is InChI=1S/C23H16N2O2S/c26-22-21(28-23(27)24-22)13-18-6-3-7-20-19(18)10-11-25(20)14-15-8-9-16-4-1-2-5-17(16)12-15/h1-13H,14H2,(H,24,26,27)/b21-13-. The van der Waals surface area contributed by atoms with Crippen LogP contribution < -0.4 is 5.32 Å². The maximum absolute atomic E-state index is 11.9. The molecule has 5 heteroatoms. The molecule has 0 unspecified atom stereocenters. The van der Waals surface area contributed by atoms with Gasteiger partial charge in [0.05, 0.1) is 4.91 Å². The molecule has 28 heavy (non-hydrogen) atoms. The minimum atomic E-state index is -0.331. The van der Waals surface area contributed by atoms with Crippen molar-refractivity contribution in [2.75, 3.05) is 0 Å². The van der Waals surface area contributed by atoms with Gasteiger partial charge in [-0.2, -0.15) is 0 Å². The minimum Gasteiger partial charge on any atom is -0.343 e. The number of benzene rings is 3. The first kappa shape index (κ1) is 16.8. The highest BCUT2D eigenvalue weighted by molar-refractivity contribution is 8.18. The summed E-state index contributed by atoms with van der Waals surface area (Å²) in [5.41, 5.74) is 3.26. The predicted molar refractivity (Wildman–Crippen MR) is 114 cm³/mol. The highest BCUT2D eigenvalue weighted by Gasteiger charge is 2.25. The average molecular weight is 384 g/mol. The number of rotatable bonds is 3. The van der Waals surface area contributed by atoms with E-state index in [2.05, 4.69) is 64.6 Å². The Morgan fingerprint density at radius 3 is 2.61 bits per heavy atom. The topological polar surface area (TPSA) is 51.1 Å². The Bertz CT molecular complexity index is 1290. The SMILES string of the molecule is O=C1NC(=O)/C(=C/c2cccc3c2ccn3Cc2ccc3ccccc3c2)S1. The molecule has 0 radical (unpaired) electrons. The van der Waals surface area contributed by atoms with E-state index in [-0.39, 0.29) is 11.1 Å². The number of amides is 2. The van der Waals surface area contributed by atoms with E-state index in [9.17, 15) is 9.59 Å². The van der Waals surface area contributed by atoms with Crippen LogP contribution in [0.1, 0.15) is 11.1 Å². The molecule has 0 bridgehead atoms. The third-order valence-electron chi connectivity index (χ3n) is 4.94. The number of nitrogens with zero attached hydrogens (tertiary/aromatic N) is 1. The highest BCUT2D eigenvalue weighted by Crippen LogP contribution is 2.29. The molecule has 5 rings (SSSR count).